The first-order valence-corrected chi connectivity index (χ1v) is 9.21. The summed E-state index contributed by atoms with van der Waals surface area (Å²) in [7, 11) is -3.08. The lowest BCUT2D eigenvalue weighted by Gasteiger charge is -2.50. The summed E-state index contributed by atoms with van der Waals surface area (Å²) in [4.78, 5) is 13.8. The Morgan fingerprint density at radius 3 is 2.60 bits per heavy atom. The minimum Gasteiger partial charge on any atom is -0.381 e. The summed E-state index contributed by atoms with van der Waals surface area (Å²) in [5, 5.41) is 0. The first-order chi connectivity index (χ1) is 9.48. The van der Waals surface area contributed by atoms with Crippen molar-refractivity contribution in [2.45, 2.75) is 37.4 Å². The summed E-state index contributed by atoms with van der Waals surface area (Å²) >= 11 is 0. The van der Waals surface area contributed by atoms with Crippen molar-refractivity contribution in [1.82, 2.24) is 4.90 Å². The van der Waals surface area contributed by atoms with E-state index in [1.165, 1.54) is 0 Å². The summed E-state index contributed by atoms with van der Waals surface area (Å²) < 4.78 is 29.4. The molecular weight excluding hydrogens is 278 g/mol. The zero-order valence-electron chi connectivity index (χ0n) is 12.0. The third-order valence-corrected chi connectivity index (χ3v) is 7.65. The van der Waals surface area contributed by atoms with Gasteiger partial charge in [-0.1, -0.05) is 0 Å². The lowest BCUT2D eigenvalue weighted by molar-refractivity contribution is -0.138. The second kappa shape index (κ2) is 4.98. The molecule has 1 aliphatic carbocycles. The summed E-state index contributed by atoms with van der Waals surface area (Å²) in [6.45, 7) is 3.80. The van der Waals surface area contributed by atoms with Crippen LogP contribution in [0.3, 0.4) is 0 Å². The predicted molar refractivity (Wildman–Crippen MR) is 75.0 cm³/mol. The zero-order chi connectivity index (χ0) is 14.4. The second-order valence-electron chi connectivity index (χ2n) is 6.43. The van der Waals surface area contributed by atoms with Crippen LogP contribution in [0.2, 0.25) is 0 Å². The molecule has 20 heavy (non-hydrogen) atoms. The maximum Gasteiger partial charge on any atom is 0.222 e. The second-order valence-corrected chi connectivity index (χ2v) is 8.88. The number of carbonyl (C=O) groups is 1. The van der Waals surface area contributed by atoms with Crippen molar-refractivity contribution in [3.8, 4) is 0 Å². The van der Waals surface area contributed by atoms with Gasteiger partial charge in [-0.05, 0) is 32.1 Å². The molecule has 0 radical (unpaired) electrons. The highest BCUT2D eigenvalue weighted by Crippen LogP contribution is 2.45. The van der Waals surface area contributed by atoms with Gasteiger partial charge in [-0.15, -0.1) is 0 Å². The smallest absolute Gasteiger partial charge is 0.222 e. The topological polar surface area (TPSA) is 63.7 Å². The van der Waals surface area contributed by atoms with Crippen LogP contribution in [-0.2, 0) is 19.4 Å². The number of hydrogen-bond acceptors (Lipinski definition) is 4. The van der Waals surface area contributed by atoms with Gasteiger partial charge in [0, 0.05) is 32.0 Å². The van der Waals surface area contributed by atoms with Gasteiger partial charge < -0.3 is 9.64 Å². The van der Waals surface area contributed by atoms with E-state index in [1.54, 1.807) is 4.90 Å². The van der Waals surface area contributed by atoms with Crippen molar-refractivity contribution in [1.29, 1.82) is 0 Å². The fraction of sp³-hybridized carbons (Fsp3) is 0.929. The highest BCUT2D eigenvalue weighted by molar-refractivity contribution is 7.93. The molecule has 2 heterocycles. The van der Waals surface area contributed by atoms with Crippen molar-refractivity contribution in [3.05, 3.63) is 0 Å². The Hall–Kier alpha value is -0.620. The van der Waals surface area contributed by atoms with Crippen LogP contribution in [0.25, 0.3) is 0 Å². The minimum atomic E-state index is -3.08. The zero-order valence-corrected chi connectivity index (χ0v) is 12.8. The van der Waals surface area contributed by atoms with Crippen molar-refractivity contribution in [3.63, 3.8) is 0 Å². The Balaban J connectivity index is 1.65. The Labute approximate surface area is 120 Å². The van der Waals surface area contributed by atoms with Gasteiger partial charge in [0.25, 0.3) is 0 Å². The third kappa shape index (κ3) is 2.26. The number of likely N-dealkylation sites (tertiary alicyclic amines) is 1. The molecule has 1 amide bonds. The monoisotopic (exact) mass is 301 g/mol. The number of carbonyl (C=O) groups excluding carboxylic acids is 1. The summed E-state index contributed by atoms with van der Waals surface area (Å²) in [6, 6.07) is 0. The van der Waals surface area contributed by atoms with Crippen LogP contribution >= 0.6 is 0 Å². The number of ether oxygens (including phenoxy) is 1. The molecule has 6 heteroatoms. The lowest BCUT2D eigenvalue weighted by Crippen LogP contribution is -2.68. The quantitative estimate of drug-likeness (QED) is 0.755. The normalized spacial score (nSPS) is 30.4. The maximum absolute atomic E-state index is 12.3. The van der Waals surface area contributed by atoms with Gasteiger partial charge in [0.05, 0.1) is 12.4 Å². The van der Waals surface area contributed by atoms with Crippen molar-refractivity contribution in [2.24, 2.45) is 11.8 Å². The number of rotatable bonds is 5. The SMILES string of the molecule is CCOC[C@@H]1CCS(=O)(=O)C12CN(C(=O)CC1CC1)C2. The Morgan fingerprint density at radius 2 is 2.00 bits per heavy atom. The highest BCUT2D eigenvalue weighted by atomic mass is 32.2. The summed E-state index contributed by atoms with van der Waals surface area (Å²) in [5.74, 6) is 0.987. The number of sulfone groups is 1. The van der Waals surface area contributed by atoms with Gasteiger partial charge in [0.2, 0.25) is 5.91 Å². The van der Waals surface area contributed by atoms with E-state index >= 15 is 0 Å². The fourth-order valence-electron chi connectivity index (χ4n) is 3.44. The maximum atomic E-state index is 12.3. The molecule has 0 unspecified atom stereocenters. The number of nitrogens with zero attached hydrogens (tertiary/aromatic N) is 1. The van der Waals surface area contributed by atoms with Crippen LogP contribution < -0.4 is 0 Å². The van der Waals surface area contributed by atoms with E-state index in [-0.39, 0.29) is 17.6 Å². The average molecular weight is 301 g/mol. The number of hydrogen-bond donors (Lipinski definition) is 0. The van der Waals surface area contributed by atoms with Gasteiger partial charge in [-0.3, -0.25) is 4.79 Å². The minimum absolute atomic E-state index is 0.0532. The Morgan fingerprint density at radius 1 is 1.30 bits per heavy atom. The van der Waals surface area contributed by atoms with Crippen LogP contribution in [0.5, 0.6) is 0 Å². The molecule has 0 aromatic heterocycles. The van der Waals surface area contributed by atoms with Crippen LogP contribution in [-0.4, -0.2) is 56.0 Å². The highest BCUT2D eigenvalue weighted by Gasteiger charge is 2.62. The van der Waals surface area contributed by atoms with E-state index in [2.05, 4.69) is 0 Å². The molecule has 2 aliphatic heterocycles. The molecule has 3 rings (SSSR count). The first kappa shape index (κ1) is 14.3. The van der Waals surface area contributed by atoms with E-state index in [1.807, 2.05) is 6.92 Å². The molecule has 1 atom stereocenters. The largest absolute Gasteiger partial charge is 0.381 e. The van der Waals surface area contributed by atoms with Gasteiger partial charge in [0.15, 0.2) is 9.84 Å². The standard InChI is InChI=1S/C14H23NO4S/c1-2-19-8-12-5-6-20(17,18)14(12)9-15(10-14)13(16)7-11-3-4-11/h11-12H,2-10H2,1H3/t12-/m0/s1. The lowest BCUT2D eigenvalue weighted by atomic mass is 9.83. The van der Waals surface area contributed by atoms with Gasteiger partial charge in [0.1, 0.15) is 4.75 Å². The molecule has 0 aromatic rings. The van der Waals surface area contributed by atoms with Crippen molar-refractivity contribution < 1.29 is 17.9 Å². The van der Waals surface area contributed by atoms with Crippen LogP contribution in [0.15, 0.2) is 0 Å². The third-order valence-electron chi connectivity index (χ3n) is 5.05. The molecule has 1 saturated carbocycles. The fourth-order valence-corrected chi connectivity index (χ4v) is 5.84. The predicted octanol–water partition coefficient (Wildman–Crippen LogP) is 0.839. The van der Waals surface area contributed by atoms with Gasteiger partial charge in [-0.2, -0.15) is 0 Å². The molecule has 3 fully saturated rings. The van der Waals surface area contributed by atoms with E-state index in [0.29, 0.717) is 45.1 Å². The Bertz CT molecular complexity index is 491. The average Bonchev–Trinajstić information content (AvgIpc) is 3.08. The summed E-state index contributed by atoms with van der Waals surface area (Å²) in [5.41, 5.74) is 0. The van der Waals surface area contributed by atoms with E-state index in [4.69, 9.17) is 4.74 Å². The van der Waals surface area contributed by atoms with Gasteiger partial charge >= 0.3 is 0 Å². The van der Waals surface area contributed by atoms with Gasteiger partial charge in [-0.25, -0.2) is 8.42 Å². The molecule has 0 aromatic carbocycles. The molecular formula is C14H23NO4S. The molecule has 5 nitrogen and oxygen atoms in total. The molecule has 0 N–H and O–H groups in total. The molecule has 2 saturated heterocycles. The molecule has 0 bridgehead atoms. The van der Waals surface area contributed by atoms with Crippen LogP contribution in [0.4, 0.5) is 0 Å². The summed E-state index contributed by atoms with van der Waals surface area (Å²) in [6.07, 6.45) is 3.57. The van der Waals surface area contributed by atoms with E-state index in [9.17, 15) is 13.2 Å². The molecule has 114 valence electrons. The van der Waals surface area contributed by atoms with Crippen LogP contribution in [0, 0.1) is 11.8 Å². The van der Waals surface area contributed by atoms with Crippen molar-refractivity contribution in [2.75, 3.05) is 32.1 Å². The van der Waals surface area contributed by atoms with E-state index < -0.39 is 14.6 Å². The van der Waals surface area contributed by atoms with Crippen LogP contribution in [0.1, 0.15) is 32.6 Å². The Kier molecular flexibility index (Phi) is 3.57. The number of amides is 1. The van der Waals surface area contributed by atoms with Crippen molar-refractivity contribution >= 4 is 15.7 Å². The first-order valence-electron chi connectivity index (χ1n) is 7.56. The molecule has 3 aliphatic rings. The van der Waals surface area contributed by atoms with E-state index in [0.717, 1.165) is 12.8 Å². The molecule has 1 spiro atoms.